The number of rotatable bonds is 7. The van der Waals surface area contributed by atoms with Gasteiger partial charge in [0, 0.05) is 31.5 Å². The minimum absolute atomic E-state index is 0.0495. The molecule has 0 saturated heterocycles. The summed E-state index contributed by atoms with van der Waals surface area (Å²) in [7, 11) is 0. The van der Waals surface area contributed by atoms with Crippen molar-refractivity contribution < 1.29 is 4.79 Å². The first-order chi connectivity index (χ1) is 11.7. The maximum atomic E-state index is 12.2. The Balaban J connectivity index is 1.49. The molecule has 2 aromatic heterocycles. The van der Waals surface area contributed by atoms with Gasteiger partial charge in [-0.2, -0.15) is 10.2 Å². The lowest BCUT2D eigenvalue weighted by molar-refractivity contribution is -0.115. The van der Waals surface area contributed by atoms with Crippen molar-refractivity contribution in [1.82, 2.24) is 29.9 Å². The van der Waals surface area contributed by atoms with E-state index in [-0.39, 0.29) is 18.5 Å². The molecule has 0 aliphatic carbocycles. The molecule has 2 aromatic rings. The summed E-state index contributed by atoms with van der Waals surface area (Å²) in [5.74, 6) is 2.65. The van der Waals surface area contributed by atoms with E-state index in [9.17, 15) is 4.79 Å². The van der Waals surface area contributed by atoms with Crippen LogP contribution < -0.4 is 10.6 Å². The molecule has 8 nitrogen and oxygen atoms in total. The monoisotopic (exact) mass is 331 g/mol. The highest BCUT2D eigenvalue weighted by atomic mass is 16.2. The van der Waals surface area contributed by atoms with Crippen LogP contribution in [0.5, 0.6) is 0 Å². The van der Waals surface area contributed by atoms with E-state index in [1.807, 2.05) is 15.4 Å². The number of nitrogens with one attached hydrogen (secondary N) is 2. The van der Waals surface area contributed by atoms with E-state index < -0.39 is 0 Å². The molecule has 2 N–H and O–H groups in total. The molecular formula is C16H25N7O. The van der Waals surface area contributed by atoms with Gasteiger partial charge in [-0.25, -0.2) is 14.3 Å². The van der Waals surface area contributed by atoms with Gasteiger partial charge in [0.05, 0.1) is 19.3 Å². The summed E-state index contributed by atoms with van der Waals surface area (Å²) in [6.07, 6.45) is 5.41. The van der Waals surface area contributed by atoms with Gasteiger partial charge in [-0.15, -0.1) is 0 Å². The molecule has 1 aliphatic heterocycles. The summed E-state index contributed by atoms with van der Waals surface area (Å²) in [5.41, 5.74) is 0. The third-order valence-corrected chi connectivity index (χ3v) is 4.19. The summed E-state index contributed by atoms with van der Waals surface area (Å²) >= 11 is 0. The molecule has 0 radical (unpaired) electrons. The van der Waals surface area contributed by atoms with Crippen LogP contribution in [0.3, 0.4) is 0 Å². The Labute approximate surface area is 141 Å². The highest BCUT2D eigenvalue weighted by Crippen LogP contribution is 2.13. The van der Waals surface area contributed by atoms with Crippen LogP contribution in [0.2, 0.25) is 0 Å². The molecule has 8 heteroatoms. The average molecular weight is 331 g/mol. The lowest BCUT2D eigenvalue weighted by Crippen LogP contribution is -2.41. The maximum Gasteiger partial charge on any atom is 0.239 e. The maximum absolute atomic E-state index is 12.2. The quantitative estimate of drug-likeness (QED) is 0.790. The SMILES string of the molecule is CCCn1nccc1NC(=O)CN[C@@H]1CCc2nc(CC)nn2C1. The number of carbonyl (C=O) groups excluding carboxylic acids is 1. The molecule has 1 aliphatic rings. The fourth-order valence-electron chi connectivity index (χ4n) is 2.93. The number of hydrogen-bond donors (Lipinski definition) is 2. The van der Waals surface area contributed by atoms with Crippen LogP contribution in [0.15, 0.2) is 12.3 Å². The van der Waals surface area contributed by atoms with Crippen LogP contribution in [0.1, 0.15) is 38.3 Å². The molecule has 0 spiro atoms. The molecule has 24 heavy (non-hydrogen) atoms. The summed E-state index contributed by atoms with van der Waals surface area (Å²) in [4.78, 5) is 16.7. The van der Waals surface area contributed by atoms with E-state index in [4.69, 9.17) is 0 Å². The average Bonchev–Trinajstić information content (AvgIpc) is 3.19. The first-order valence-electron chi connectivity index (χ1n) is 8.67. The topological polar surface area (TPSA) is 89.7 Å². The third kappa shape index (κ3) is 3.81. The van der Waals surface area contributed by atoms with Gasteiger partial charge >= 0.3 is 0 Å². The zero-order chi connectivity index (χ0) is 16.9. The van der Waals surface area contributed by atoms with Crippen molar-refractivity contribution in [2.24, 2.45) is 0 Å². The van der Waals surface area contributed by atoms with E-state index in [0.717, 1.165) is 56.2 Å². The van der Waals surface area contributed by atoms with E-state index in [0.29, 0.717) is 0 Å². The first kappa shape index (κ1) is 16.6. The Hall–Kier alpha value is -2.22. The van der Waals surface area contributed by atoms with Gasteiger partial charge < -0.3 is 10.6 Å². The Morgan fingerprint density at radius 3 is 3.08 bits per heavy atom. The molecule has 1 amide bonds. The molecule has 0 fully saturated rings. The van der Waals surface area contributed by atoms with Gasteiger partial charge in [0.25, 0.3) is 0 Å². The zero-order valence-electron chi connectivity index (χ0n) is 14.3. The summed E-state index contributed by atoms with van der Waals surface area (Å²) in [5, 5.41) is 14.9. The highest BCUT2D eigenvalue weighted by Gasteiger charge is 2.21. The van der Waals surface area contributed by atoms with Crippen molar-refractivity contribution in [3.63, 3.8) is 0 Å². The number of amides is 1. The highest BCUT2D eigenvalue weighted by molar-refractivity contribution is 5.91. The predicted octanol–water partition coefficient (Wildman–Crippen LogP) is 0.990. The van der Waals surface area contributed by atoms with Gasteiger partial charge in [0.2, 0.25) is 5.91 Å². The van der Waals surface area contributed by atoms with E-state index >= 15 is 0 Å². The van der Waals surface area contributed by atoms with Crippen LogP contribution >= 0.6 is 0 Å². The Bertz CT molecular complexity index is 690. The van der Waals surface area contributed by atoms with Gasteiger partial charge in [-0.05, 0) is 12.8 Å². The Morgan fingerprint density at radius 1 is 1.42 bits per heavy atom. The smallest absolute Gasteiger partial charge is 0.239 e. The first-order valence-corrected chi connectivity index (χ1v) is 8.67. The number of carbonyl (C=O) groups is 1. The minimum atomic E-state index is -0.0495. The van der Waals surface area contributed by atoms with E-state index in [2.05, 4.69) is 39.7 Å². The molecule has 1 atom stereocenters. The van der Waals surface area contributed by atoms with Crippen molar-refractivity contribution in [2.75, 3.05) is 11.9 Å². The predicted molar refractivity (Wildman–Crippen MR) is 90.7 cm³/mol. The van der Waals surface area contributed by atoms with Crippen molar-refractivity contribution in [1.29, 1.82) is 0 Å². The van der Waals surface area contributed by atoms with Crippen LogP contribution in [0.25, 0.3) is 0 Å². The molecule has 130 valence electrons. The second kappa shape index (κ2) is 7.57. The second-order valence-corrected chi connectivity index (χ2v) is 6.08. The van der Waals surface area contributed by atoms with Gasteiger partial charge in [-0.1, -0.05) is 13.8 Å². The van der Waals surface area contributed by atoms with Crippen LogP contribution in [-0.2, 0) is 30.7 Å². The van der Waals surface area contributed by atoms with E-state index in [1.165, 1.54) is 0 Å². The zero-order valence-corrected chi connectivity index (χ0v) is 14.3. The lowest BCUT2D eigenvalue weighted by atomic mass is 10.1. The van der Waals surface area contributed by atoms with Crippen molar-refractivity contribution >= 4 is 11.7 Å². The second-order valence-electron chi connectivity index (χ2n) is 6.08. The molecule has 3 heterocycles. The summed E-state index contributed by atoms with van der Waals surface area (Å²) in [6, 6.07) is 2.07. The normalized spacial score (nSPS) is 16.8. The molecule has 0 aromatic carbocycles. The fraction of sp³-hybridized carbons (Fsp3) is 0.625. The summed E-state index contributed by atoms with van der Waals surface area (Å²) in [6.45, 7) is 5.99. The van der Waals surface area contributed by atoms with E-state index in [1.54, 1.807) is 6.20 Å². The number of anilines is 1. The molecule has 3 rings (SSSR count). The number of hydrogen-bond acceptors (Lipinski definition) is 5. The van der Waals surface area contributed by atoms with Crippen LogP contribution in [-0.4, -0.2) is 43.0 Å². The van der Waals surface area contributed by atoms with Gasteiger partial charge in [-0.3, -0.25) is 4.79 Å². The Kier molecular flexibility index (Phi) is 5.24. The molecule has 0 saturated carbocycles. The molecule has 0 bridgehead atoms. The van der Waals surface area contributed by atoms with Crippen molar-refractivity contribution in [3.8, 4) is 0 Å². The van der Waals surface area contributed by atoms with Crippen LogP contribution in [0.4, 0.5) is 5.82 Å². The largest absolute Gasteiger partial charge is 0.310 e. The number of nitrogens with zero attached hydrogens (tertiary/aromatic N) is 5. The third-order valence-electron chi connectivity index (χ3n) is 4.19. The standard InChI is InChI=1S/C16H25N7O/c1-3-9-22-15(7-8-18-22)20-16(24)10-17-12-5-6-14-19-13(4-2)21-23(14)11-12/h7-8,12,17H,3-6,9-11H2,1-2H3,(H,20,24)/t12-/m1/s1. The fourth-order valence-corrected chi connectivity index (χ4v) is 2.93. The Morgan fingerprint density at radius 2 is 2.29 bits per heavy atom. The van der Waals surface area contributed by atoms with Gasteiger partial charge in [0.1, 0.15) is 11.6 Å². The lowest BCUT2D eigenvalue weighted by Gasteiger charge is -2.23. The van der Waals surface area contributed by atoms with Crippen molar-refractivity contribution in [2.45, 2.75) is 58.7 Å². The number of fused-ring (bicyclic) bond motifs is 1. The summed E-state index contributed by atoms with van der Waals surface area (Å²) < 4.78 is 3.78. The number of aryl methyl sites for hydroxylation is 3. The molecule has 0 unspecified atom stereocenters. The molecular weight excluding hydrogens is 306 g/mol. The number of aromatic nitrogens is 5. The minimum Gasteiger partial charge on any atom is -0.310 e. The van der Waals surface area contributed by atoms with Gasteiger partial charge in [0.15, 0.2) is 5.82 Å². The van der Waals surface area contributed by atoms with Crippen molar-refractivity contribution in [3.05, 3.63) is 23.9 Å². The van der Waals surface area contributed by atoms with Crippen LogP contribution in [0, 0.1) is 0 Å².